The number of hydrogen-bond donors (Lipinski definition) is 2. The number of carbonyl (C=O) groups is 1. The molecule has 0 amide bonds. The van der Waals surface area contributed by atoms with Crippen LogP contribution in [0, 0.1) is 11.6 Å². The molecule has 2 aromatic carbocycles. The van der Waals surface area contributed by atoms with Gasteiger partial charge in [-0.2, -0.15) is 9.67 Å². The number of halogens is 2. The molecule has 0 atom stereocenters. The van der Waals surface area contributed by atoms with Gasteiger partial charge in [0.25, 0.3) is 5.56 Å². The molecule has 0 bridgehead atoms. The van der Waals surface area contributed by atoms with Gasteiger partial charge in [-0.05, 0) is 55.9 Å². The van der Waals surface area contributed by atoms with E-state index in [1.807, 2.05) is 38.4 Å². The Morgan fingerprint density at radius 2 is 1.80 bits per heavy atom. The molecular weight excluding hydrogens is 570 g/mol. The second kappa shape index (κ2) is 13.3. The first-order valence-corrected chi connectivity index (χ1v) is 13.7. The number of ketones is 1. The zero-order valence-electron chi connectivity index (χ0n) is 24.1. The maximum absolute atomic E-state index is 13.6. The minimum Gasteiger partial charge on any atom is -0.368 e. The molecule has 0 fully saturated rings. The summed E-state index contributed by atoms with van der Waals surface area (Å²) in [5, 5.41) is 7.56. The third-order valence-electron chi connectivity index (χ3n) is 6.59. The summed E-state index contributed by atoms with van der Waals surface area (Å²) in [5.41, 5.74) is 7.80. The van der Waals surface area contributed by atoms with E-state index in [1.54, 1.807) is 12.3 Å². The first-order valence-electron chi connectivity index (χ1n) is 13.7. The Morgan fingerprint density at radius 1 is 1.02 bits per heavy atom. The largest absolute Gasteiger partial charge is 0.368 e. The van der Waals surface area contributed by atoms with Crippen LogP contribution in [0.1, 0.15) is 40.2 Å². The molecule has 0 aliphatic heterocycles. The van der Waals surface area contributed by atoms with E-state index in [0.29, 0.717) is 36.0 Å². The highest BCUT2D eigenvalue weighted by Gasteiger charge is 2.15. The smallest absolute Gasteiger partial charge is 0.264 e. The molecule has 5 rings (SSSR count). The summed E-state index contributed by atoms with van der Waals surface area (Å²) < 4.78 is 29.4. The molecule has 0 spiro atoms. The lowest BCUT2D eigenvalue weighted by molar-refractivity contribution is 0.0977. The van der Waals surface area contributed by atoms with Gasteiger partial charge < -0.3 is 16.0 Å². The normalized spacial score (nSPS) is 11.2. The lowest BCUT2D eigenvalue weighted by Gasteiger charge is -2.10. The molecule has 226 valence electrons. The quantitative estimate of drug-likeness (QED) is 0.204. The molecule has 0 unspecified atom stereocenters. The Bertz CT molecular complexity index is 1840. The predicted octanol–water partition coefficient (Wildman–Crippen LogP) is 3.53. The van der Waals surface area contributed by atoms with Gasteiger partial charge in [-0.1, -0.05) is 18.2 Å². The van der Waals surface area contributed by atoms with E-state index in [0.717, 1.165) is 24.4 Å². The zero-order chi connectivity index (χ0) is 31.2. The SMILES string of the molecule is CN(C)Cc1ccc(Nc2nc(N)n(-c3ccnc(CCCC(=O)c4cncn(Cc5ccc(F)c(F)c5)c4=O)n3)n2)cc1. The van der Waals surface area contributed by atoms with Gasteiger partial charge in [0.05, 0.1) is 12.9 Å². The van der Waals surface area contributed by atoms with Crippen molar-refractivity contribution in [3.8, 4) is 5.82 Å². The first kappa shape index (κ1) is 30.1. The highest BCUT2D eigenvalue weighted by molar-refractivity contribution is 5.95. The van der Waals surface area contributed by atoms with Gasteiger partial charge in [-0.15, -0.1) is 5.10 Å². The van der Waals surface area contributed by atoms with Crippen LogP contribution in [0.15, 0.2) is 72.0 Å². The van der Waals surface area contributed by atoms with E-state index >= 15 is 0 Å². The average molecular weight is 601 g/mol. The van der Waals surface area contributed by atoms with Crippen molar-refractivity contribution < 1.29 is 13.6 Å². The monoisotopic (exact) mass is 600 g/mol. The van der Waals surface area contributed by atoms with Crippen LogP contribution in [0.4, 0.5) is 26.4 Å². The number of nitrogens with one attached hydrogen (secondary N) is 1. The third kappa shape index (κ3) is 7.33. The highest BCUT2D eigenvalue weighted by Crippen LogP contribution is 2.18. The van der Waals surface area contributed by atoms with Gasteiger partial charge in [0.15, 0.2) is 23.2 Å². The molecule has 0 saturated heterocycles. The summed E-state index contributed by atoms with van der Waals surface area (Å²) >= 11 is 0. The topological polar surface area (TPSA) is 150 Å². The van der Waals surface area contributed by atoms with E-state index in [9.17, 15) is 18.4 Å². The number of nitrogens with two attached hydrogens (primary N) is 1. The molecular formula is C30H30F2N10O2. The molecule has 12 nitrogen and oxygen atoms in total. The highest BCUT2D eigenvalue weighted by atomic mass is 19.2. The van der Waals surface area contributed by atoms with E-state index in [4.69, 9.17) is 5.73 Å². The molecule has 0 aliphatic carbocycles. The maximum atomic E-state index is 13.6. The first-order chi connectivity index (χ1) is 21.2. The number of hydrogen-bond acceptors (Lipinski definition) is 10. The molecule has 3 aromatic heterocycles. The van der Waals surface area contributed by atoms with Crippen molar-refractivity contribution in [2.24, 2.45) is 0 Å². The molecule has 3 heterocycles. The number of aryl methyl sites for hydroxylation is 1. The number of anilines is 3. The Kier molecular flexibility index (Phi) is 9.09. The second-order valence-corrected chi connectivity index (χ2v) is 10.4. The summed E-state index contributed by atoms with van der Waals surface area (Å²) in [5.74, 6) is -1.10. The van der Waals surface area contributed by atoms with Crippen molar-refractivity contribution in [2.45, 2.75) is 32.4 Å². The van der Waals surface area contributed by atoms with Crippen LogP contribution in [-0.4, -0.2) is 59.1 Å². The number of nitrogens with zero attached hydrogens (tertiary/aromatic N) is 8. The number of aromatic nitrogens is 7. The minimum absolute atomic E-state index is 0.0482. The van der Waals surface area contributed by atoms with Gasteiger partial charge in [0.1, 0.15) is 11.4 Å². The Morgan fingerprint density at radius 3 is 2.55 bits per heavy atom. The van der Waals surface area contributed by atoms with Crippen LogP contribution in [0.2, 0.25) is 0 Å². The van der Waals surface area contributed by atoms with Crippen molar-refractivity contribution >= 4 is 23.4 Å². The molecule has 0 radical (unpaired) electrons. The number of benzene rings is 2. The minimum atomic E-state index is -1.02. The van der Waals surface area contributed by atoms with E-state index < -0.39 is 23.0 Å². The van der Waals surface area contributed by atoms with Crippen molar-refractivity contribution in [3.05, 3.63) is 112 Å². The number of Topliss-reactive ketones (excluding diaryl/α,β-unsaturated/α-hetero) is 1. The van der Waals surface area contributed by atoms with Crippen LogP contribution >= 0.6 is 0 Å². The standard InChI is InChI=1S/C30H30F2N10O2/c1-40(2)16-19-6-9-21(10-7-19)36-30-38-29(33)42(39-30)27-12-13-35-26(37-27)5-3-4-25(43)22-15-34-18-41(28(22)44)17-20-8-11-23(31)24(32)14-20/h6-15,18H,3-5,16-17H2,1-2H3,(H3,33,36,38,39). The van der Waals surface area contributed by atoms with Crippen LogP contribution in [0.25, 0.3) is 5.82 Å². The van der Waals surface area contributed by atoms with E-state index in [-0.39, 0.29) is 24.5 Å². The van der Waals surface area contributed by atoms with Gasteiger partial charge in [-0.25, -0.2) is 23.7 Å². The van der Waals surface area contributed by atoms with Crippen molar-refractivity contribution in [3.63, 3.8) is 0 Å². The lowest BCUT2D eigenvalue weighted by Crippen LogP contribution is -2.27. The summed E-state index contributed by atoms with van der Waals surface area (Å²) in [7, 11) is 4.02. The van der Waals surface area contributed by atoms with Crippen LogP contribution in [0.5, 0.6) is 0 Å². The van der Waals surface area contributed by atoms with E-state index in [1.165, 1.54) is 33.4 Å². The zero-order valence-corrected chi connectivity index (χ0v) is 24.1. The summed E-state index contributed by atoms with van der Waals surface area (Å²) in [6, 6.07) is 12.9. The maximum Gasteiger partial charge on any atom is 0.264 e. The number of rotatable bonds is 12. The summed E-state index contributed by atoms with van der Waals surface area (Å²) in [6.45, 7) is 0.770. The Balaban J connectivity index is 1.20. The number of carbonyl (C=O) groups excluding carboxylic acids is 1. The lowest BCUT2D eigenvalue weighted by atomic mass is 10.1. The fourth-order valence-electron chi connectivity index (χ4n) is 4.49. The van der Waals surface area contributed by atoms with Crippen molar-refractivity contribution in [1.82, 2.24) is 39.2 Å². The van der Waals surface area contributed by atoms with Crippen molar-refractivity contribution in [1.29, 1.82) is 0 Å². The Hall–Kier alpha value is -5.37. The van der Waals surface area contributed by atoms with E-state index in [2.05, 4.69) is 35.3 Å². The van der Waals surface area contributed by atoms with Gasteiger partial charge in [0.2, 0.25) is 11.9 Å². The summed E-state index contributed by atoms with van der Waals surface area (Å²) in [6.07, 6.45) is 4.78. The number of nitrogen functional groups attached to an aromatic ring is 1. The van der Waals surface area contributed by atoms with Crippen LogP contribution in [0.3, 0.4) is 0 Å². The Labute approximate surface area is 251 Å². The van der Waals surface area contributed by atoms with Crippen LogP contribution < -0.4 is 16.6 Å². The molecule has 44 heavy (non-hydrogen) atoms. The van der Waals surface area contributed by atoms with Crippen LogP contribution in [-0.2, 0) is 19.5 Å². The van der Waals surface area contributed by atoms with Gasteiger partial charge in [0, 0.05) is 43.5 Å². The molecule has 14 heteroatoms. The molecule has 0 aliphatic rings. The van der Waals surface area contributed by atoms with Crippen molar-refractivity contribution in [2.75, 3.05) is 25.1 Å². The summed E-state index contributed by atoms with van der Waals surface area (Å²) in [4.78, 5) is 44.9. The molecule has 5 aromatic rings. The average Bonchev–Trinajstić information content (AvgIpc) is 3.36. The van der Waals surface area contributed by atoms with Gasteiger partial charge >= 0.3 is 0 Å². The molecule has 3 N–H and O–H groups in total. The predicted molar refractivity (Wildman–Crippen MR) is 160 cm³/mol. The fraction of sp³-hybridized carbons (Fsp3) is 0.233. The molecule has 0 saturated carbocycles. The third-order valence-corrected chi connectivity index (χ3v) is 6.59. The fourth-order valence-corrected chi connectivity index (χ4v) is 4.49. The van der Waals surface area contributed by atoms with Gasteiger partial charge in [-0.3, -0.25) is 14.2 Å². The second-order valence-electron chi connectivity index (χ2n) is 10.4.